The van der Waals surface area contributed by atoms with Crippen LogP contribution in [-0.2, 0) is 5.41 Å². The summed E-state index contributed by atoms with van der Waals surface area (Å²) >= 11 is 0. The first-order valence-corrected chi connectivity index (χ1v) is 11.6. The van der Waals surface area contributed by atoms with Crippen LogP contribution in [0.25, 0.3) is 22.3 Å². The molecule has 4 aromatic rings. The fourth-order valence-electron chi connectivity index (χ4n) is 4.64. The Bertz CT molecular complexity index is 1470. The van der Waals surface area contributed by atoms with Crippen molar-refractivity contribution in [3.8, 4) is 11.3 Å². The first-order chi connectivity index (χ1) is 17.7. The quantitative estimate of drug-likeness (QED) is 0.211. The smallest absolute Gasteiger partial charge is 0.393 e. The van der Waals surface area contributed by atoms with E-state index in [1.807, 2.05) is 0 Å². The maximum Gasteiger partial charge on any atom is 0.400 e. The normalized spacial score (nSPS) is 20.6. The summed E-state index contributed by atoms with van der Waals surface area (Å²) in [6.45, 7) is -0.0216. The molecule has 0 unspecified atom stereocenters. The number of hydrogen-bond acceptors (Lipinski definition) is 9. The van der Waals surface area contributed by atoms with E-state index in [0.29, 0.717) is 35.1 Å². The molecule has 10 nitrogen and oxygen atoms in total. The van der Waals surface area contributed by atoms with Crippen molar-refractivity contribution >= 4 is 28.4 Å². The van der Waals surface area contributed by atoms with Crippen LogP contribution in [0.5, 0.6) is 0 Å². The number of aliphatic hydroxyl groups excluding tert-OH is 1. The minimum absolute atomic E-state index is 0.0216. The summed E-state index contributed by atoms with van der Waals surface area (Å²) in [6.07, 6.45) is -2.42. The lowest BCUT2D eigenvalue weighted by Crippen LogP contribution is -2.31. The molecule has 0 aliphatic heterocycles. The standard InChI is InChI=1S/C23H22F4N8O2/c24-14-5-11(19-18-20(28)31-10-32-21(18)35(33-19)12-6-13(36)7-12)1-2-15(14)29-9-30-17-8-16(34-37-17)22(3-4-22)23(25,26)27/h1-2,5,8,10,12-13,29-30,36H,3-4,6-7,9H2,(H2,28,31,32). The molecule has 6 rings (SSSR count). The van der Waals surface area contributed by atoms with Gasteiger partial charge in [0.05, 0.1) is 29.9 Å². The highest BCUT2D eigenvalue weighted by molar-refractivity contribution is 5.98. The number of aliphatic hydroxyl groups is 1. The van der Waals surface area contributed by atoms with Crippen molar-refractivity contribution in [1.29, 1.82) is 0 Å². The Hall–Kier alpha value is -3.94. The lowest BCUT2D eigenvalue weighted by molar-refractivity contribution is -0.161. The third-order valence-corrected chi connectivity index (χ3v) is 7.03. The number of anilines is 3. The van der Waals surface area contributed by atoms with E-state index >= 15 is 0 Å². The van der Waals surface area contributed by atoms with Crippen molar-refractivity contribution in [2.75, 3.05) is 23.0 Å². The van der Waals surface area contributed by atoms with Crippen LogP contribution in [0.3, 0.4) is 0 Å². The van der Waals surface area contributed by atoms with E-state index in [9.17, 15) is 22.7 Å². The van der Waals surface area contributed by atoms with Gasteiger partial charge in [0.1, 0.15) is 34.8 Å². The second kappa shape index (κ2) is 8.30. The fourth-order valence-corrected chi connectivity index (χ4v) is 4.64. The number of nitrogens with two attached hydrogens (primary N) is 1. The second-order valence-electron chi connectivity index (χ2n) is 9.41. The Labute approximate surface area is 206 Å². The molecule has 2 aliphatic carbocycles. The van der Waals surface area contributed by atoms with Gasteiger partial charge in [-0.2, -0.15) is 18.3 Å². The fraction of sp³-hybridized carbons (Fsp3) is 0.391. The Balaban J connectivity index is 1.18. The molecule has 194 valence electrons. The Morgan fingerprint density at radius 3 is 2.62 bits per heavy atom. The minimum atomic E-state index is -4.39. The molecule has 2 saturated carbocycles. The zero-order valence-corrected chi connectivity index (χ0v) is 19.3. The average molecular weight is 518 g/mol. The van der Waals surface area contributed by atoms with Gasteiger partial charge in [-0.25, -0.2) is 19.0 Å². The van der Waals surface area contributed by atoms with E-state index in [4.69, 9.17) is 10.3 Å². The number of rotatable bonds is 7. The maximum atomic E-state index is 15.0. The van der Waals surface area contributed by atoms with Gasteiger partial charge in [-0.3, -0.25) is 0 Å². The predicted octanol–water partition coefficient (Wildman–Crippen LogP) is 3.97. The van der Waals surface area contributed by atoms with E-state index in [1.54, 1.807) is 10.7 Å². The van der Waals surface area contributed by atoms with Crippen LogP contribution in [0.2, 0.25) is 0 Å². The molecule has 37 heavy (non-hydrogen) atoms. The summed E-state index contributed by atoms with van der Waals surface area (Å²) in [5.41, 5.74) is 5.54. The summed E-state index contributed by atoms with van der Waals surface area (Å²) in [5, 5.41) is 24.0. The first-order valence-electron chi connectivity index (χ1n) is 11.6. The van der Waals surface area contributed by atoms with Crippen LogP contribution in [-0.4, -0.2) is 49.0 Å². The molecule has 2 aliphatic rings. The highest BCUT2D eigenvalue weighted by Gasteiger charge is 2.66. The summed E-state index contributed by atoms with van der Waals surface area (Å²) in [4.78, 5) is 8.34. The van der Waals surface area contributed by atoms with Gasteiger partial charge >= 0.3 is 6.18 Å². The minimum Gasteiger partial charge on any atom is -0.393 e. The van der Waals surface area contributed by atoms with Gasteiger partial charge in [0, 0.05) is 11.6 Å². The molecule has 0 saturated heterocycles. The van der Waals surface area contributed by atoms with Crippen LogP contribution in [0, 0.1) is 5.82 Å². The molecule has 5 N–H and O–H groups in total. The second-order valence-corrected chi connectivity index (χ2v) is 9.41. The van der Waals surface area contributed by atoms with E-state index < -0.39 is 23.5 Å². The van der Waals surface area contributed by atoms with Crippen LogP contribution in [0.4, 0.5) is 35.0 Å². The number of nitrogen functional groups attached to an aromatic ring is 1. The van der Waals surface area contributed by atoms with Crippen molar-refractivity contribution < 1.29 is 27.2 Å². The lowest BCUT2D eigenvalue weighted by Gasteiger charge is -2.31. The topological polar surface area (TPSA) is 140 Å². The molecule has 1 aromatic carbocycles. The lowest BCUT2D eigenvalue weighted by atomic mass is 9.90. The van der Waals surface area contributed by atoms with Crippen LogP contribution < -0.4 is 16.4 Å². The van der Waals surface area contributed by atoms with Gasteiger partial charge in [-0.1, -0.05) is 11.2 Å². The first kappa shape index (κ1) is 23.5. The van der Waals surface area contributed by atoms with Crippen molar-refractivity contribution in [2.24, 2.45) is 0 Å². The zero-order valence-electron chi connectivity index (χ0n) is 19.3. The van der Waals surface area contributed by atoms with Crippen LogP contribution in [0.15, 0.2) is 35.1 Å². The number of alkyl halides is 3. The highest BCUT2D eigenvalue weighted by Crippen LogP contribution is 2.58. The molecule has 0 spiro atoms. The average Bonchev–Trinajstić information content (AvgIpc) is 3.38. The molecule has 0 bridgehead atoms. The molecule has 2 fully saturated rings. The third kappa shape index (κ3) is 3.91. The Morgan fingerprint density at radius 2 is 1.95 bits per heavy atom. The summed E-state index contributed by atoms with van der Waals surface area (Å²) in [6, 6.07) is 5.64. The maximum absolute atomic E-state index is 15.0. The van der Waals surface area contributed by atoms with E-state index in [2.05, 4.69) is 30.9 Å². The predicted molar refractivity (Wildman–Crippen MR) is 125 cm³/mol. The summed E-state index contributed by atoms with van der Waals surface area (Å²) < 4.78 is 61.4. The summed E-state index contributed by atoms with van der Waals surface area (Å²) in [7, 11) is 0. The van der Waals surface area contributed by atoms with Gasteiger partial charge in [-0.15, -0.1) is 0 Å². The third-order valence-electron chi connectivity index (χ3n) is 7.03. The number of nitrogens with one attached hydrogen (secondary N) is 2. The van der Waals surface area contributed by atoms with Gasteiger partial charge in [0.25, 0.3) is 0 Å². The van der Waals surface area contributed by atoms with Gasteiger partial charge < -0.3 is 26.0 Å². The van der Waals surface area contributed by atoms with Gasteiger partial charge in [-0.05, 0) is 37.8 Å². The molecule has 0 atom stereocenters. The molecule has 0 radical (unpaired) electrons. The SMILES string of the molecule is Nc1ncnc2c1c(-c1ccc(NCNc3cc(C4(C(F)(F)F)CC4)no3)c(F)c1)nn2C1CC(O)C1. The van der Waals surface area contributed by atoms with E-state index in [1.165, 1.54) is 24.5 Å². The number of benzene rings is 1. The number of aromatic nitrogens is 5. The van der Waals surface area contributed by atoms with Crippen molar-refractivity contribution in [1.82, 2.24) is 24.9 Å². The molecule has 0 amide bonds. The molecular formula is C23H22F4N8O2. The van der Waals surface area contributed by atoms with Gasteiger partial charge in [0.15, 0.2) is 5.65 Å². The van der Waals surface area contributed by atoms with Crippen molar-refractivity contribution in [3.63, 3.8) is 0 Å². The Morgan fingerprint density at radius 1 is 1.16 bits per heavy atom. The molecule has 14 heteroatoms. The molecular weight excluding hydrogens is 496 g/mol. The van der Waals surface area contributed by atoms with Crippen LogP contribution in [0.1, 0.15) is 37.4 Å². The number of hydrogen-bond donors (Lipinski definition) is 4. The number of halogens is 4. The Kier molecular flexibility index (Phi) is 5.26. The largest absolute Gasteiger partial charge is 0.400 e. The number of nitrogens with zero attached hydrogens (tertiary/aromatic N) is 5. The molecule has 3 aromatic heterocycles. The van der Waals surface area contributed by atoms with E-state index in [-0.39, 0.29) is 48.6 Å². The van der Waals surface area contributed by atoms with Crippen molar-refractivity contribution in [2.45, 2.75) is 49.4 Å². The number of fused-ring (bicyclic) bond motifs is 1. The summed E-state index contributed by atoms with van der Waals surface area (Å²) in [5.74, 6) is -0.324. The molecule has 3 heterocycles. The van der Waals surface area contributed by atoms with Crippen LogP contribution >= 0.6 is 0 Å². The zero-order chi connectivity index (χ0) is 25.9. The highest BCUT2D eigenvalue weighted by atomic mass is 19.4. The van der Waals surface area contributed by atoms with Gasteiger partial charge in [0.2, 0.25) is 5.88 Å². The van der Waals surface area contributed by atoms with E-state index in [0.717, 1.165) is 0 Å². The monoisotopic (exact) mass is 518 g/mol. The van der Waals surface area contributed by atoms with Crippen molar-refractivity contribution in [3.05, 3.63) is 42.1 Å².